The minimum atomic E-state index is -1.06. The Morgan fingerprint density at radius 1 is 1.02 bits per heavy atom. The predicted molar refractivity (Wildman–Crippen MR) is 164 cm³/mol. The number of rotatable bonds is 8. The van der Waals surface area contributed by atoms with Crippen molar-refractivity contribution >= 4 is 40.8 Å². The Morgan fingerprint density at radius 2 is 1.69 bits per heavy atom. The summed E-state index contributed by atoms with van der Waals surface area (Å²) in [4.78, 5) is 26.3. The topological polar surface area (TPSA) is 103 Å². The molecule has 1 aliphatic rings. The third-order valence-corrected chi connectivity index (χ3v) is 8.35. The Kier molecular flexibility index (Phi) is 9.52. The molecule has 0 saturated carbocycles. The van der Waals surface area contributed by atoms with Gasteiger partial charge in [-0.2, -0.15) is 0 Å². The molecular formula is C32H36Cl2FN3O4. The minimum absolute atomic E-state index is 0.0340. The smallest absolute Gasteiger partial charge is 0.337 e. The van der Waals surface area contributed by atoms with E-state index >= 15 is 4.39 Å². The van der Waals surface area contributed by atoms with E-state index < -0.39 is 35.2 Å². The van der Waals surface area contributed by atoms with Gasteiger partial charge in [-0.15, -0.1) is 0 Å². The van der Waals surface area contributed by atoms with Gasteiger partial charge in [-0.3, -0.25) is 4.79 Å². The van der Waals surface area contributed by atoms with E-state index in [0.717, 1.165) is 5.56 Å². The van der Waals surface area contributed by atoms with Crippen molar-refractivity contribution in [1.82, 2.24) is 5.32 Å². The van der Waals surface area contributed by atoms with Gasteiger partial charge < -0.3 is 25.8 Å². The number of amides is 1. The summed E-state index contributed by atoms with van der Waals surface area (Å²) in [5, 5.41) is 7.40. The number of halogens is 3. The van der Waals surface area contributed by atoms with Crippen molar-refractivity contribution in [3.63, 3.8) is 0 Å². The van der Waals surface area contributed by atoms with Crippen molar-refractivity contribution in [2.75, 3.05) is 26.1 Å². The first-order chi connectivity index (χ1) is 19.8. The highest BCUT2D eigenvalue weighted by Gasteiger charge is 2.59. The Bertz CT molecular complexity index is 1460. The fourth-order valence-corrected chi connectivity index (χ4v) is 6.35. The summed E-state index contributed by atoms with van der Waals surface area (Å²) in [5.74, 6) is -1.70. The van der Waals surface area contributed by atoms with Crippen molar-refractivity contribution in [1.29, 1.82) is 0 Å². The fraction of sp³-hybridized carbons (Fsp3) is 0.375. The van der Waals surface area contributed by atoms with Crippen molar-refractivity contribution in [2.45, 2.75) is 50.6 Å². The van der Waals surface area contributed by atoms with Crippen LogP contribution in [0.5, 0.6) is 5.75 Å². The summed E-state index contributed by atoms with van der Waals surface area (Å²) < 4.78 is 26.1. The van der Waals surface area contributed by atoms with E-state index in [4.69, 9.17) is 38.4 Å². The molecule has 1 aliphatic heterocycles. The van der Waals surface area contributed by atoms with Crippen LogP contribution in [0.1, 0.15) is 54.6 Å². The molecule has 1 heterocycles. The zero-order valence-electron chi connectivity index (χ0n) is 24.3. The van der Waals surface area contributed by atoms with E-state index in [-0.39, 0.29) is 29.2 Å². The molecule has 3 aromatic carbocycles. The Labute approximate surface area is 255 Å². The fourth-order valence-electron chi connectivity index (χ4n) is 6.05. The molecule has 4 N–H and O–H groups in total. The summed E-state index contributed by atoms with van der Waals surface area (Å²) in [6, 6.07) is 15.0. The van der Waals surface area contributed by atoms with E-state index in [9.17, 15) is 9.59 Å². The molecule has 10 heteroatoms. The molecule has 0 aliphatic carbocycles. The zero-order valence-corrected chi connectivity index (χ0v) is 25.8. The monoisotopic (exact) mass is 615 g/mol. The van der Waals surface area contributed by atoms with E-state index in [1.54, 1.807) is 24.3 Å². The second kappa shape index (κ2) is 12.6. The number of nitrogens with one attached hydrogen (secondary N) is 2. The first-order valence-corrected chi connectivity index (χ1v) is 14.3. The molecular weight excluding hydrogens is 580 g/mol. The molecule has 1 amide bonds. The quantitative estimate of drug-likeness (QED) is 0.256. The lowest BCUT2D eigenvalue weighted by Crippen LogP contribution is -2.50. The van der Waals surface area contributed by atoms with Crippen molar-refractivity contribution < 1.29 is 23.5 Å². The van der Waals surface area contributed by atoms with Gasteiger partial charge in [0.2, 0.25) is 5.91 Å². The molecule has 0 unspecified atom stereocenters. The van der Waals surface area contributed by atoms with E-state index in [1.807, 2.05) is 12.1 Å². The Hall–Kier alpha value is -3.17. The number of benzene rings is 3. The number of carbonyl (C=O) groups excluding carboxylic acids is 2. The maximum atomic E-state index is 15.8. The van der Waals surface area contributed by atoms with Crippen LogP contribution in [0.4, 0.5) is 10.1 Å². The van der Waals surface area contributed by atoms with Gasteiger partial charge in [-0.1, -0.05) is 56.1 Å². The molecule has 0 aromatic heterocycles. The van der Waals surface area contributed by atoms with Gasteiger partial charge in [0.1, 0.15) is 11.6 Å². The second-order valence-corrected chi connectivity index (χ2v) is 12.6. The van der Waals surface area contributed by atoms with Crippen molar-refractivity contribution in [3.8, 4) is 5.75 Å². The van der Waals surface area contributed by atoms with Gasteiger partial charge >= 0.3 is 5.97 Å². The highest BCUT2D eigenvalue weighted by molar-refractivity contribution is 6.30. The van der Waals surface area contributed by atoms with Crippen LogP contribution in [0.2, 0.25) is 10.0 Å². The number of carbonyl (C=O) groups is 2. The largest absolute Gasteiger partial charge is 0.495 e. The van der Waals surface area contributed by atoms with Gasteiger partial charge in [0.05, 0.1) is 31.5 Å². The van der Waals surface area contributed by atoms with E-state index in [2.05, 4.69) is 31.4 Å². The Morgan fingerprint density at radius 3 is 2.29 bits per heavy atom. The molecule has 1 fully saturated rings. The Balaban J connectivity index is 1.88. The van der Waals surface area contributed by atoms with Crippen LogP contribution in [-0.4, -0.2) is 44.7 Å². The molecule has 224 valence electrons. The summed E-state index contributed by atoms with van der Waals surface area (Å²) in [7, 11) is 2.73. The van der Waals surface area contributed by atoms with Crippen LogP contribution < -0.4 is 21.1 Å². The van der Waals surface area contributed by atoms with E-state index in [0.29, 0.717) is 27.7 Å². The molecule has 42 heavy (non-hydrogen) atoms. The number of hydrogen-bond acceptors (Lipinski definition) is 6. The standard InChI is InChI=1S/C32H36Cl2FN3O4/c1-31(2,3)16-26-32(17-36,22-15-21(34)11-12-23(22)35)27(18-6-9-20(33)10-7-18)28(38-26)29(39)37-24-13-8-19(30(40)42-5)14-25(24)41-4/h6-15,26-28,38H,16-17,36H2,1-5H3,(H,37,39)/t26-,27+,28+,32-/m0/s1. The molecule has 4 atom stereocenters. The van der Waals surface area contributed by atoms with Crippen LogP contribution in [-0.2, 0) is 14.9 Å². The van der Waals surface area contributed by atoms with Crippen molar-refractivity contribution in [2.24, 2.45) is 11.1 Å². The normalized spacial score (nSPS) is 22.1. The lowest BCUT2D eigenvalue weighted by atomic mass is 9.62. The first kappa shape index (κ1) is 31.8. The summed E-state index contributed by atoms with van der Waals surface area (Å²) in [5.41, 5.74) is 7.12. The third-order valence-electron chi connectivity index (χ3n) is 7.87. The lowest BCUT2D eigenvalue weighted by Gasteiger charge is -2.42. The number of methoxy groups -OCH3 is 2. The predicted octanol–water partition coefficient (Wildman–Crippen LogP) is 6.32. The SMILES string of the molecule is COC(=O)c1ccc(NC(=O)[C@@H]2N[C@@H](CC(C)(C)C)[C@](CN)(c3cc(Cl)ccc3F)[C@@H]2c2ccc(Cl)cc2)c(OC)c1. The molecule has 3 aromatic rings. The highest BCUT2D eigenvalue weighted by atomic mass is 35.5. The molecule has 0 bridgehead atoms. The second-order valence-electron chi connectivity index (χ2n) is 11.8. The summed E-state index contributed by atoms with van der Waals surface area (Å²) >= 11 is 12.7. The summed E-state index contributed by atoms with van der Waals surface area (Å²) in [6.45, 7) is 6.29. The average molecular weight is 617 g/mol. The zero-order chi connectivity index (χ0) is 30.8. The van der Waals surface area contributed by atoms with Crippen LogP contribution in [0.3, 0.4) is 0 Å². The third kappa shape index (κ3) is 6.27. The number of hydrogen-bond donors (Lipinski definition) is 3. The molecule has 4 rings (SSSR count). The van der Waals surface area contributed by atoms with Gasteiger partial charge in [-0.05, 0) is 71.5 Å². The first-order valence-electron chi connectivity index (χ1n) is 13.6. The van der Waals surface area contributed by atoms with Crippen LogP contribution in [0, 0.1) is 11.2 Å². The summed E-state index contributed by atoms with van der Waals surface area (Å²) in [6.07, 6.45) is 0.584. The average Bonchev–Trinajstić information content (AvgIpc) is 3.27. The van der Waals surface area contributed by atoms with Crippen molar-refractivity contribution in [3.05, 3.63) is 93.2 Å². The number of nitrogens with two attached hydrogens (primary N) is 1. The maximum Gasteiger partial charge on any atom is 0.337 e. The molecule has 0 radical (unpaired) electrons. The van der Waals surface area contributed by atoms with Gasteiger partial charge in [0.15, 0.2) is 0 Å². The van der Waals surface area contributed by atoms with Gasteiger partial charge in [0.25, 0.3) is 0 Å². The number of esters is 1. The maximum absolute atomic E-state index is 15.8. The van der Waals surface area contributed by atoms with Gasteiger partial charge in [-0.25, -0.2) is 9.18 Å². The molecule has 1 saturated heterocycles. The highest BCUT2D eigenvalue weighted by Crippen LogP contribution is 2.52. The minimum Gasteiger partial charge on any atom is -0.495 e. The van der Waals surface area contributed by atoms with Crippen LogP contribution in [0.25, 0.3) is 0 Å². The number of anilines is 1. The lowest BCUT2D eigenvalue weighted by molar-refractivity contribution is -0.118. The van der Waals surface area contributed by atoms with Crippen LogP contribution in [0.15, 0.2) is 60.7 Å². The van der Waals surface area contributed by atoms with Crippen LogP contribution >= 0.6 is 23.2 Å². The van der Waals surface area contributed by atoms with E-state index in [1.165, 1.54) is 38.5 Å². The molecule has 0 spiro atoms. The number of ether oxygens (including phenoxy) is 2. The molecule has 7 nitrogen and oxygen atoms in total. The van der Waals surface area contributed by atoms with Gasteiger partial charge in [0, 0.05) is 34.0 Å².